The van der Waals surface area contributed by atoms with E-state index in [-0.39, 0.29) is 0 Å². The highest BCUT2D eigenvalue weighted by Crippen LogP contribution is 2.30. The van der Waals surface area contributed by atoms with Crippen LogP contribution in [0.2, 0.25) is 5.02 Å². The number of rotatable bonds is 2. The van der Waals surface area contributed by atoms with Gasteiger partial charge in [0.25, 0.3) is 0 Å². The Bertz CT molecular complexity index is 720. The summed E-state index contributed by atoms with van der Waals surface area (Å²) in [5.74, 6) is -0.998. The lowest BCUT2D eigenvalue weighted by Crippen LogP contribution is -2.42. The van der Waals surface area contributed by atoms with Crippen LogP contribution in [-0.2, 0) is 4.79 Å². The van der Waals surface area contributed by atoms with Gasteiger partial charge in [-0.25, -0.2) is 9.59 Å². The molecule has 2 N–H and O–H groups in total. The van der Waals surface area contributed by atoms with Gasteiger partial charge in [0.15, 0.2) is 0 Å². The molecule has 3 rings (SSSR count). The average molecular weight is 327 g/mol. The normalized spacial score (nSPS) is 18.1. The standard InChI is InChI=1S/C12H11ClN4O3S/c13-6-3-4-7-10(16-21-15-7)9(6)14-12(20)17-5-1-2-8(17)11(18)19/h3-4,8H,1-2,5H2,(H,14,20)(H,18,19)/t8-/m1/s1. The number of aromatic nitrogens is 2. The van der Waals surface area contributed by atoms with Gasteiger partial charge in [0.05, 0.1) is 22.4 Å². The number of hydrogen-bond acceptors (Lipinski definition) is 5. The van der Waals surface area contributed by atoms with Crippen molar-refractivity contribution in [2.24, 2.45) is 0 Å². The average Bonchev–Trinajstić information content (AvgIpc) is 3.09. The van der Waals surface area contributed by atoms with E-state index in [0.29, 0.717) is 41.1 Å². The van der Waals surface area contributed by atoms with E-state index in [4.69, 9.17) is 16.7 Å². The molecule has 7 nitrogen and oxygen atoms in total. The number of carboxylic acids is 1. The van der Waals surface area contributed by atoms with E-state index < -0.39 is 18.0 Å². The largest absolute Gasteiger partial charge is 0.480 e. The predicted molar refractivity (Wildman–Crippen MR) is 78.8 cm³/mol. The summed E-state index contributed by atoms with van der Waals surface area (Å²) in [6, 6.07) is 2.06. The van der Waals surface area contributed by atoms with Gasteiger partial charge in [0.2, 0.25) is 0 Å². The van der Waals surface area contributed by atoms with Crippen LogP contribution >= 0.6 is 23.3 Å². The van der Waals surface area contributed by atoms with Crippen molar-refractivity contribution < 1.29 is 14.7 Å². The summed E-state index contributed by atoms with van der Waals surface area (Å²) in [5.41, 5.74) is 1.51. The lowest BCUT2D eigenvalue weighted by molar-refractivity contribution is -0.141. The maximum absolute atomic E-state index is 12.3. The van der Waals surface area contributed by atoms with Gasteiger partial charge in [0.1, 0.15) is 17.1 Å². The van der Waals surface area contributed by atoms with Crippen LogP contribution in [0.15, 0.2) is 12.1 Å². The predicted octanol–water partition coefficient (Wildman–Crippen LogP) is 2.43. The number of benzene rings is 1. The Morgan fingerprint density at radius 3 is 3.00 bits per heavy atom. The summed E-state index contributed by atoms with van der Waals surface area (Å²) >= 11 is 7.12. The molecule has 1 aliphatic rings. The molecule has 2 heterocycles. The fraction of sp³-hybridized carbons (Fsp3) is 0.333. The Morgan fingerprint density at radius 1 is 1.43 bits per heavy atom. The summed E-state index contributed by atoms with van der Waals surface area (Å²) in [7, 11) is 0. The molecule has 0 spiro atoms. The Morgan fingerprint density at radius 2 is 2.24 bits per heavy atom. The molecule has 9 heteroatoms. The van der Waals surface area contributed by atoms with Gasteiger partial charge >= 0.3 is 12.0 Å². The van der Waals surface area contributed by atoms with E-state index in [1.165, 1.54) is 4.90 Å². The van der Waals surface area contributed by atoms with Gasteiger partial charge in [0, 0.05) is 6.54 Å². The molecule has 1 atom stereocenters. The van der Waals surface area contributed by atoms with Crippen LogP contribution in [0.3, 0.4) is 0 Å². The van der Waals surface area contributed by atoms with Crippen molar-refractivity contribution in [2.75, 3.05) is 11.9 Å². The van der Waals surface area contributed by atoms with Gasteiger partial charge in [-0.05, 0) is 25.0 Å². The highest BCUT2D eigenvalue weighted by atomic mass is 35.5. The highest BCUT2D eigenvalue weighted by molar-refractivity contribution is 7.00. The monoisotopic (exact) mass is 326 g/mol. The number of likely N-dealkylation sites (tertiary alicyclic amines) is 1. The van der Waals surface area contributed by atoms with Crippen LogP contribution in [-0.4, -0.2) is 43.3 Å². The number of amides is 2. The number of hydrogen-bond donors (Lipinski definition) is 2. The number of fused-ring (bicyclic) bond motifs is 1. The molecule has 1 aliphatic heterocycles. The number of carboxylic acid groups (broad SMARTS) is 1. The van der Waals surface area contributed by atoms with E-state index in [1.807, 2.05) is 0 Å². The first-order valence-corrected chi connectivity index (χ1v) is 7.40. The fourth-order valence-electron chi connectivity index (χ4n) is 2.39. The van der Waals surface area contributed by atoms with Crippen LogP contribution < -0.4 is 5.32 Å². The fourth-order valence-corrected chi connectivity index (χ4v) is 3.13. The SMILES string of the molecule is O=C(O)[C@H]1CCCN1C(=O)Nc1c(Cl)ccc2nsnc12. The second-order valence-corrected chi connectivity index (χ2v) is 5.61. The molecule has 1 saturated heterocycles. The Labute approximate surface area is 128 Å². The Hall–Kier alpha value is -1.93. The molecule has 21 heavy (non-hydrogen) atoms. The molecular formula is C12H11ClN4O3S. The zero-order valence-corrected chi connectivity index (χ0v) is 12.3. The first kappa shape index (κ1) is 14.0. The molecule has 110 valence electrons. The maximum Gasteiger partial charge on any atom is 0.326 e. The topological polar surface area (TPSA) is 95.4 Å². The Kier molecular flexibility index (Phi) is 3.64. The Balaban J connectivity index is 1.88. The molecule has 0 aliphatic carbocycles. The van der Waals surface area contributed by atoms with Gasteiger partial charge < -0.3 is 15.3 Å². The zero-order valence-electron chi connectivity index (χ0n) is 10.7. The smallest absolute Gasteiger partial charge is 0.326 e. The molecule has 0 bridgehead atoms. The summed E-state index contributed by atoms with van der Waals surface area (Å²) < 4.78 is 8.19. The summed E-state index contributed by atoms with van der Waals surface area (Å²) in [6.45, 7) is 0.408. The van der Waals surface area contributed by atoms with Gasteiger partial charge in [-0.15, -0.1) is 0 Å². The number of nitrogens with one attached hydrogen (secondary N) is 1. The number of nitrogens with zero attached hydrogens (tertiary/aromatic N) is 3. The van der Waals surface area contributed by atoms with Crippen LogP contribution in [0.5, 0.6) is 0 Å². The minimum absolute atomic E-state index is 0.342. The van der Waals surface area contributed by atoms with Gasteiger partial charge in [-0.2, -0.15) is 8.75 Å². The molecule has 0 radical (unpaired) electrons. The first-order chi connectivity index (χ1) is 10.1. The van der Waals surface area contributed by atoms with Crippen LogP contribution in [0.25, 0.3) is 11.0 Å². The van der Waals surface area contributed by atoms with Crippen molar-refractivity contribution in [3.8, 4) is 0 Å². The van der Waals surface area contributed by atoms with E-state index >= 15 is 0 Å². The molecule has 1 aromatic heterocycles. The molecule has 1 fully saturated rings. The third kappa shape index (κ3) is 2.52. The number of urea groups is 1. The number of aliphatic carboxylic acids is 1. The molecule has 2 amide bonds. The van der Waals surface area contributed by atoms with Gasteiger partial charge in [-0.3, -0.25) is 0 Å². The highest BCUT2D eigenvalue weighted by Gasteiger charge is 2.34. The van der Waals surface area contributed by atoms with Crippen LogP contribution in [0.4, 0.5) is 10.5 Å². The number of carbonyl (C=O) groups excluding carboxylic acids is 1. The van der Waals surface area contributed by atoms with Crippen molar-refractivity contribution in [1.29, 1.82) is 0 Å². The number of halogens is 1. The first-order valence-electron chi connectivity index (χ1n) is 6.29. The van der Waals surface area contributed by atoms with Crippen molar-refractivity contribution >= 4 is 52.1 Å². The van der Waals surface area contributed by atoms with Crippen LogP contribution in [0, 0.1) is 0 Å². The molecule has 0 saturated carbocycles. The van der Waals surface area contributed by atoms with E-state index in [0.717, 1.165) is 11.7 Å². The maximum atomic E-state index is 12.3. The lowest BCUT2D eigenvalue weighted by atomic mass is 10.2. The van der Waals surface area contributed by atoms with E-state index in [9.17, 15) is 9.59 Å². The molecule has 0 unspecified atom stereocenters. The minimum Gasteiger partial charge on any atom is -0.480 e. The number of anilines is 1. The second kappa shape index (κ2) is 5.45. The third-order valence-corrected chi connectivity index (χ3v) is 4.27. The van der Waals surface area contributed by atoms with Crippen molar-refractivity contribution in [3.05, 3.63) is 17.2 Å². The van der Waals surface area contributed by atoms with Crippen molar-refractivity contribution in [2.45, 2.75) is 18.9 Å². The van der Waals surface area contributed by atoms with Gasteiger partial charge in [-0.1, -0.05) is 11.6 Å². The lowest BCUT2D eigenvalue weighted by Gasteiger charge is -2.22. The minimum atomic E-state index is -0.998. The third-order valence-electron chi connectivity index (χ3n) is 3.41. The summed E-state index contributed by atoms with van der Waals surface area (Å²) in [6.07, 6.45) is 1.12. The molecular weight excluding hydrogens is 316 g/mol. The van der Waals surface area contributed by atoms with E-state index in [2.05, 4.69) is 14.1 Å². The van der Waals surface area contributed by atoms with E-state index in [1.54, 1.807) is 12.1 Å². The summed E-state index contributed by atoms with van der Waals surface area (Å²) in [5, 5.41) is 12.1. The van der Waals surface area contributed by atoms with Crippen molar-refractivity contribution in [3.63, 3.8) is 0 Å². The second-order valence-electron chi connectivity index (χ2n) is 4.67. The molecule has 2 aromatic rings. The van der Waals surface area contributed by atoms with Crippen LogP contribution in [0.1, 0.15) is 12.8 Å². The summed E-state index contributed by atoms with van der Waals surface area (Å²) in [4.78, 5) is 24.7. The number of carbonyl (C=O) groups is 2. The molecule has 1 aromatic carbocycles. The zero-order chi connectivity index (χ0) is 15.0. The quantitative estimate of drug-likeness (QED) is 0.883. The van der Waals surface area contributed by atoms with Crippen molar-refractivity contribution in [1.82, 2.24) is 13.6 Å².